The van der Waals surface area contributed by atoms with Gasteiger partial charge in [0.15, 0.2) is 0 Å². The lowest BCUT2D eigenvalue weighted by molar-refractivity contribution is 0.0354. The number of esters is 4. The highest BCUT2D eigenvalue weighted by Crippen LogP contribution is 2.18. The number of aromatic hydroxyl groups is 2. The molecule has 4 rings (SSSR count). The van der Waals surface area contributed by atoms with Crippen LogP contribution >= 0.6 is 0 Å². The molecule has 0 unspecified atom stereocenters. The predicted molar refractivity (Wildman–Crippen MR) is 143 cm³/mol. The molecule has 12 heteroatoms. The Hall–Kier alpha value is -6.30. The van der Waals surface area contributed by atoms with E-state index < -0.39 is 58.1 Å². The Morgan fingerprint density at radius 1 is 0.381 bits per heavy atom. The fourth-order valence-electron chi connectivity index (χ4n) is 3.38. The van der Waals surface area contributed by atoms with Crippen molar-refractivity contribution in [1.29, 1.82) is 0 Å². The van der Waals surface area contributed by atoms with Gasteiger partial charge in [0.25, 0.3) is 0 Å². The van der Waals surface area contributed by atoms with Crippen LogP contribution in [0.15, 0.2) is 97.1 Å². The molecule has 12 nitrogen and oxygen atoms in total. The van der Waals surface area contributed by atoms with Crippen molar-refractivity contribution in [2.24, 2.45) is 0 Å². The molecule has 0 atom stereocenters. The van der Waals surface area contributed by atoms with Crippen LogP contribution in [-0.2, 0) is 9.47 Å². The minimum Gasteiger partial charge on any atom is -0.508 e. The SMILES string of the molecule is O=C(O)c1ccccc1C(=O)OC(=O)c1ccccc1C(=O)OC(=O)c1ccccc1C(=O)O.Oc1ccc(O)cc1. The first kappa shape index (κ1) is 30.2. The molecule has 0 heterocycles. The molecule has 0 radical (unpaired) electrons. The predicted octanol–water partition coefficient (Wildman–Crippen LogP) is 4.18. The Balaban J connectivity index is 0.000000521. The van der Waals surface area contributed by atoms with Gasteiger partial charge in [-0.15, -0.1) is 0 Å². The van der Waals surface area contributed by atoms with E-state index in [2.05, 4.69) is 0 Å². The van der Waals surface area contributed by atoms with Crippen molar-refractivity contribution in [2.45, 2.75) is 0 Å². The molecule has 4 aromatic carbocycles. The van der Waals surface area contributed by atoms with E-state index in [1.165, 1.54) is 60.7 Å². The first-order valence-electron chi connectivity index (χ1n) is 11.7. The second-order valence-corrected chi connectivity index (χ2v) is 8.12. The molecule has 0 aliphatic heterocycles. The first-order chi connectivity index (χ1) is 20.0. The molecule has 4 N–H and O–H groups in total. The maximum absolute atomic E-state index is 12.6. The molecule has 0 spiro atoms. The van der Waals surface area contributed by atoms with Crippen molar-refractivity contribution in [1.82, 2.24) is 0 Å². The van der Waals surface area contributed by atoms with Crippen molar-refractivity contribution in [3.8, 4) is 11.5 Å². The molecule has 0 fully saturated rings. The molecule has 0 saturated carbocycles. The first-order valence-corrected chi connectivity index (χ1v) is 11.7. The molecular formula is C30H20O12. The molecule has 42 heavy (non-hydrogen) atoms. The number of ether oxygens (including phenoxy) is 2. The van der Waals surface area contributed by atoms with E-state index in [4.69, 9.17) is 19.7 Å². The monoisotopic (exact) mass is 572 g/mol. The summed E-state index contributed by atoms with van der Waals surface area (Å²) in [6.45, 7) is 0. The van der Waals surface area contributed by atoms with E-state index in [0.29, 0.717) is 0 Å². The largest absolute Gasteiger partial charge is 0.508 e. The zero-order valence-electron chi connectivity index (χ0n) is 21.3. The average molecular weight is 572 g/mol. The van der Waals surface area contributed by atoms with Crippen LogP contribution in [-0.4, -0.2) is 56.2 Å². The van der Waals surface area contributed by atoms with E-state index in [1.54, 1.807) is 0 Å². The maximum Gasteiger partial charge on any atom is 0.346 e. The lowest BCUT2D eigenvalue weighted by atomic mass is 10.1. The standard InChI is InChI=1S/C24H14O10.C6H6O2/c25-19(26)13-7-1-3-9-15(13)21(29)33-23(31)17-11-5-6-12-18(17)24(32)34-22(30)16-10-4-2-8-14(16)20(27)28;7-5-1-2-6(8)4-3-5/h1-12H,(H,25,26)(H,27,28);1-4,7-8H. The normalized spacial score (nSPS) is 9.90. The average Bonchev–Trinajstić information content (AvgIpc) is 2.98. The lowest BCUT2D eigenvalue weighted by Gasteiger charge is -2.10. The zero-order valence-corrected chi connectivity index (χ0v) is 21.3. The van der Waals surface area contributed by atoms with Gasteiger partial charge in [0.2, 0.25) is 0 Å². The maximum atomic E-state index is 12.6. The van der Waals surface area contributed by atoms with Crippen molar-refractivity contribution in [3.05, 3.63) is 130 Å². The second kappa shape index (κ2) is 13.7. The summed E-state index contributed by atoms with van der Waals surface area (Å²) in [6.07, 6.45) is 0. The van der Waals surface area contributed by atoms with Crippen molar-refractivity contribution in [3.63, 3.8) is 0 Å². The van der Waals surface area contributed by atoms with Gasteiger partial charge in [-0.3, -0.25) is 0 Å². The van der Waals surface area contributed by atoms with Gasteiger partial charge in [0.05, 0.1) is 33.4 Å². The number of hydrogen-bond donors (Lipinski definition) is 4. The summed E-state index contributed by atoms with van der Waals surface area (Å²) in [5.41, 5.74) is -2.43. The molecule has 0 aliphatic carbocycles. The number of carboxylic acids is 2. The summed E-state index contributed by atoms with van der Waals surface area (Å²) in [7, 11) is 0. The van der Waals surface area contributed by atoms with Gasteiger partial charge in [-0.05, 0) is 60.7 Å². The minimum atomic E-state index is -1.41. The third kappa shape index (κ3) is 7.64. The van der Waals surface area contributed by atoms with Crippen LogP contribution in [0.25, 0.3) is 0 Å². The van der Waals surface area contributed by atoms with Crippen LogP contribution in [0.3, 0.4) is 0 Å². The van der Waals surface area contributed by atoms with Crippen molar-refractivity contribution < 1.29 is 58.7 Å². The molecule has 0 aliphatic rings. The summed E-state index contributed by atoms with van der Waals surface area (Å²) in [6, 6.07) is 20.8. The zero-order chi connectivity index (χ0) is 30.8. The van der Waals surface area contributed by atoms with Crippen LogP contribution in [0.2, 0.25) is 0 Å². The van der Waals surface area contributed by atoms with Gasteiger partial charge in [0.1, 0.15) is 11.5 Å². The number of hydrogen-bond acceptors (Lipinski definition) is 10. The summed E-state index contributed by atoms with van der Waals surface area (Å²) in [5, 5.41) is 35.7. The summed E-state index contributed by atoms with van der Waals surface area (Å²) in [5.74, 6) is -7.61. The molecule has 212 valence electrons. The fourth-order valence-corrected chi connectivity index (χ4v) is 3.38. The number of phenols is 2. The van der Waals surface area contributed by atoms with Gasteiger partial charge in [-0.2, -0.15) is 0 Å². The quantitative estimate of drug-likeness (QED) is 0.146. The summed E-state index contributed by atoms with van der Waals surface area (Å²) >= 11 is 0. The highest BCUT2D eigenvalue weighted by Gasteiger charge is 2.27. The van der Waals surface area contributed by atoms with Gasteiger partial charge >= 0.3 is 35.8 Å². The van der Waals surface area contributed by atoms with Crippen LogP contribution in [0.1, 0.15) is 62.1 Å². The summed E-state index contributed by atoms with van der Waals surface area (Å²) < 4.78 is 9.47. The molecule has 0 saturated heterocycles. The Labute approximate surface area is 236 Å². The van der Waals surface area contributed by atoms with Gasteiger partial charge in [0, 0.05) is 0 Å². The van der Waals surface area contributed by atoms with Gasteiger partial charge < -0.3 is 29.9 Å². The highest BCUT2D eigenvalue weighted by atomic mass is 16.6. The van der Waals surface area contributed by atoms with E-state index >= 15 is 0 Å². The highest BCUT2D eigenvalue weighted by molar-refractivity contribution is 6.13. The van der Waals surface area contributed by atoms with Gasteiger partial charge in [-0.1, -0.05) is 36.4 Å². The molecule has 0 bridgehead atoms. The number of carbonyl (C=O) groups is 6. The number of phenolic OH excluding ortho intramolecular Hbond substituents is 2. The molecular weight excluding hydrogens is 552 g/mol. The second-order valence-electron chi connectivity index (χ2n) is 8.12. The Morgan fingerprint density at radius 2 is 0.595 bits per heavy atom. The number of benzene rings is 4. The Bertz CT molecular complexity index is 1550. The van der Waals surface area contributed by atoms with E-state index in [-0.39, 0.29) is 22.6 Å². The van der Waals surface area contributed by atoms with Crippen LogP contribution in [0.4, 0.5) is 0 Å². The van der Waals surface area contributed by atoms with Crippen LogP contribution in [0, 0.1) is 0 Å². The molecule has 0 amide bonds. The molecule has 0 aromatic heterocycles. The van der Waals surface area contributed by atoms with E-state index in [1.807, 2.05) is 0 Å². The topological polar surface area (TPSA) is 202 Å². The van der Waals surface area contributed by atoms with E-state index in [0.717, 1.165) is 36.4 Å². The third-order valence-electron chi connectivity index (χ3n) is 5.34. The molecule has 4 aromatic rings. The van der Waals surface area contributed by atoms with Crippen molar-refractivity contribution in [2.75, 3.05) is 0 Å². The number of aromatic carboxylic acids is 2. The van der Waals surface area contributed by atoms with E-state index in [9.17, 15) is 39.0 Å². The third-order valence-corrected chi connectivity index (χ3v) is 5.34. The fraction of sp³-hybridized carbons (Fsp3) is 0. The minimum absolute atomic E-state index is 0.169. The van der Waals surface area contributed by atoms with Crippen LogP contribution < -0.4 is 0 Å². The number of carbonyl (C=O) groups excluding carboxylic acids is 4. The number of rotatable bonds is 6. The van der Waals surface area contributed by atoms with Crippen molar-refractivity contribution >= 4 is 35.8 Å². The lowest BCUT2D eigenvalue weighted by Crippen LogP contribution is -2.21. The number of carboxylic acid groups (broad SMARTS) is 2. The summed E-state index contributed by atoms with van der Waals surface area (Å²) in [4.78, 5) is 72.5. The Kier molecular flexibility index (Phi) is 9.84. The smallest absolute Gasteiger partial charge is 0.346 e. The van der Waals surface area contributed by atoms with Gasteiger partial charge in [-0.25, -0.2) is 28.8 Å². The Morgan fingerprint density at radius 3 is 0.833 bits per heavy atom. The van der Waals surface area contributed by atoms with Crippen LogP contribution in [0.5, 0.6) is 11.5 Å².